The van der Waals surface area contributed by atoms with Crippen molar-refractivity contribution in [2.45, 2.75) is 37.8 Å². The molecule has 2 rings (SSSR count). The first-order chi connectivity index (χ1) is 10.2. The number of aliphatic hydroxyl groups excluding tert-OH is 1. The van der Waals surface area contributed by atoms with Gasteiger partial charge >= 0.3 is 0 Å². The normalized spacial score (nSPS) is 15.2. The van der Waals surface area contributed by atoms with Crippen molar-refractivity contribution in [3.63, 3.8) is 0 Å². The van der Waals surface area contributed by atoms with Crippen LogP contribution in [0.15, 0.2) is 24.3 Å². The first-order valence-corrected chi connectivity index (χ1v) is 7.37. The summed E-state index contributed by atoms with van der Waals surface area (Å²) in [5, 5.41) is 24.8. The summed E-state index contributed by atoms with van der Waals surface area (Å²) >= 11 is 0. The molecule has 112 valence electrons. The van der Waals surface area contributed by atoms with Crippen molar-refractivity contribution >= 4 is 5.91 Å². The Hall–Kier alpha value is -1.90. The Labute approximate surface area is 125 Å². The second-order valence-corrected chi connectivity index (χ2v) is 5.40. The van der Waals surface area contributed by atoms with Crippen LogP contribution in [0.25, 0.3) is 0 Å². The lowest BCUT2D eigenvalue weighted by Gasteiger charge is -2.12. The number of aliphatic hydroxyl groups is 1. The number of benzene rings is 1. The van der Waals surface area contributed by atoms with Crippen LogP contribution in [0.1, 0.15) is 42.9 Å². The molecule has 0 aromatic heterocycles. The minimum absolute atomic E-state index is 0.118. The van der Waals surface area contributed by atoms with Crippen molar-refractivity contribution in [1.29, 1.82) is 5.26 Å². The second kappa shape index (κ2) is 7.77. The van der Waals surface area contributed by atoms with Gasteiger partial charge in [-0.1, -0.05) is 12.1 Å². The van der Waals surface area contributed by atoms with E-state index in [-0.39, 0.29) is 5.91 Å². The maximum atomic E-state index is 11.5. The van der Waals surface area contributed by atoms with E-state index in [1.807, 2.05) is 6.07 Å². The third-order valence-electron chi connectivity index (χ3n) is 3.46. The molecule has 1 aromatic carbocycles. The predicted molar refractivity (Wildman–Crippen MR) is 79.4 cm³/mol. The van der Waals surface area contributed by atoms with E-state index in [0.717, 1.165) is 24.8 Å². The van der Waals surface area contributed by atoms with Crippen LogP contribution in [-0.4, -0.2) is 30.1 Å². The molecule has 1 unspecified atom stereocenters. The van der Waals surface area contributed by atoms with Crippen LogP contribution in [0.5, 0.6) is 0 Å². The van der Waals surface area contributed by atoms with E-state index < -0.39 is 6.10 Å². The summed E-state index contributed by atoms with van der Waals surface area (Å²) in [7, 11) is 0. The van der Waals surface area contributed by atoms with Crippen LogP contribution in [0.4, 0.5) is 0 Å². The van der Waals surface area contributed by atoms with Gasteiger partial charge in [0, 0.05) is 19.0 Å². The Morgan fingerprint density at radius 3 is 2.71 bits per heavy atom. The molecule has 1 atom stereocenters. The number of carbonyl (C=O) groups is 1. The van der Waals surface area contributed by atoms with Gasteiger partial charge in [-0.3, -0.25) is 4.79 Å². The molecule has 5 heteroatoms. The summed E-state index contributed by atoms with van der Waals surface area (Å²) in [5.41, 5.74) is 1.37. The average Bonchev–Trinajstić information content (AvgIpc) is 3.30. The molecule has 0 spiro atoms. The van der Waals surface area contributed by atoms with Gasteiger partial charge in [0.25, 0.3) is 0 Å². The van der Waals surface area contributed by atoms with Gasteiger partial charge in [0.2, 0.25) is 5.91 Å². The molecule has 1 saturated carbocycles. The molecular formula is C16H21N3O2. The highest BCUT2D eigenvalue weighted by Gasteiger charge is 2.22. The third-order valence-corrected chi connectivity index (χ3v) is 3.46. The smallest absolute Gasteiger partial charge is 0.220 e. The molecule has 3 N–H and O–H groups in total. The fraction of sp³-hybridized carbons (Fsp3) is 0.500. The van der Waals surface area contributed by atoms with E-state index in [1.54, 1.807) is 24.3 Å². The number of nitrogens with one attached hydrogen (secondary N) is 2. The van der Waals surface area contributed by atoms with Crippen LogP contribution in [-0.2, 0) is 4.79 Å². The number of nitriles is 1. The van der Waals surface area contributed by atoms with Gasteiger partial charge in [-0.2, -0.15) is 5.26 Å². The zero-order valence-corrected chi connectivity index (χ0v) is 12.0. The van der Waals surface area contributed by atoms with Crippen molar-refractivity contribution in [3.05, 3.63) is 35.4 Å². The number of nitrogens with zero attached hydrogens (tertiary/aromatic N) is 1. The highest BCUT2D eigenvalue weighted by Crippen LogP contribution is 2.18. The van der Waals surface area contributed by atoms with Gasteiger partial charge in [-0.25, -0.2) is 0 Å². The molecule has 21 heavy (non-hydrogen) atoms. The fourth-order valence-corrected chi connectivity index (χ4v) is 2.04. The summed E-state index contributed by atoms with van der Waals surface area (Å²) in [6.45, 7) is 1.14. The van der Waals surface area contributed by atoms with E-state index in [1.165, 1.54) is 0 Å². The first-order valence-electron chi connectivity index (χ1n) is 7.37. The van der Waals surface area contributed by atoms with Gasteiger partial charge in [0.1, 0.15) is 0 Å². The molecule has 0 bridgehead atoms. The molecule has 1 aliphatic rings. The zero-order valence-electron chi connectivity index (χ0n) is 12.0. The van der Waals surface area contributed by atoms with E-state index in [2.05, 4.69) is 10.6 Å². The summed E-state index contributed by atoms with van der Waals surface area (Å²) in [5.74, 6) is 0.118. The van der Waals surface area contributed by atoms with E-state index in [0.29, 0.717) is 31.1 Å². The van der Waals surface area contributed by atoms with E-state index in [9.17, 15) is 9.90 Å². The Bertz CT molecular complexity index is 503. The SMILES string of the molecule is N#Cc1ccc(C(O)CNCCCC(=O)NC2CC2)cc1. The van der Waals surface area contributed by atoms with Crippen molar-refractivity contribution in [1.82, 2.24) is 10.6 Å². The second-order valence-electron chi connectivity index (χ2n) is 5.40. The van der Waals surface area contributed by atoms with Gasteiger partial charge in [0.15, 0.2) is 0 Å². The van der Waals surface area contributed by atoms with Crippen LogP contribution in [0, 0.1) is 11.3 Å². The molecule has 1 fully saturated rings. The van der Waals surface area contributed by atoms with Crippen molar-refractivity contribution in [2.24, 2.45) is 0 Å². The lowest BCUT2D eigenvalue weighted by Crippen LogP contribution is -2.27. The number of amides is 1. The van der Waals surface area contributed by atoms with Gasteiger partial charge in [0.05, 0.1) is 17.7 Å². The molecule has 5 nitrogen and oxygen atoms in total. The lowest BCUT2D eigenvalue weighted by molar-refractivity contribution is -0.121. The molecule has 0 radical (unpaired) electrons. The molecule has 0 saturated heterocycles. The first kappa shape index (κ1) is 15.5. The molecule has 0 heterocycles. The Kier molecular flexibility index (Phi) is 5.73. The Morgan fingerprint density at radius 1 is 1.38 bits per heavy atom. The van der Waals surface area contributed by atoms with Gasteiger partial charge < -0.3 is 15.7 Å². The summed E-state index contributed by atoms with van der Waals surface area (Å²) in [6.07, 6.45) is 2.91. The minimum Gasteiger partial charge on any atom is -0.387 e. The lowest BCUT2D eigenvalue weighted by atomic mass is 10.1. The molecular weight excluding hydrogens is 266 g/mol. The number of hydrogen-bond acceptors (Lipinski definition) is 4. The third kappa shape index (κ3) is 5.54. The quantitative estimate of drug-likeness (QED) is 0.628. The monoisotopic (exact) mass is 287 g/mol. The zero-order chi connectivity index (χ0) is 15.1. The van der Waals surface area contributed by atoms with Crippen LogP contribution >= 0.6 is 0 Å². The van der Waals surface area contributed by atoms with Crippen LogP contribution < -0.4 is 10.6 Å². The summed E-state index contributed by atoms with van der Waals surface area (Å²) < 4.78 is 0. The standard InChI is InChI=1S/C16H21N3O2/c17-10-12-3-5-13(6-4-12)15(20)11-18-9-1-2-16(21)19-14-7-8-14/h3-6,14-15,18,20H,1-2,7-9,11H2,(H,19,21). The molecule has 0 aliphatic heterocycles. The van der Waals surface area contributed by atoms with Gasteiger partial charge in [-0.15, -0.1) is 0 Å². The Balaban J connectivity index is 1.58. The Morgan fingerprint density at radius 2 is 2.10 bits per heavy atom. The van der Waals surface area contributed by atoms with Crippen LogP contribution in [0.3, 0.4) is 0 Å². The highest BCUT2D eigenvalue weighted by atomic mass is 16.3. The molecule has 1 amide bonds. The summed E-state index contributed by atoms with van der Waals surface area (Å²) in [6, 6.07) is 9.37. The number of carbonyl (C=O) groups excluding carboxylic acids is 1. The highest BCUT2D eigenvalue weighted by molar-refractivity contribution is 5.76. The fourth-order valence-electron chi connectivity index (χ4n) is 2.04. The largest absolute Gasteiger partial charge is 0.387 e. The number of rotatable bonds is 8. The predicted octanol–water partition coefficient (Wildman–Crippen LogP) is 1.24. The van der Waals surface area contributed by atoms with Crippen LogP contribution in [0.2, 0.25) is 0 Å². The van der Waals surface area contributed by atoms with Gasteiger partial charge in [-0.05, 0) is 43.5 Å². The van der Waals surface area contributed by atoms with Crippen molar-refractivity contribution in [2.75, 3.05) is 13.1 Å². The van der Waals surface area contributed by atoms with E-state index >= 15 is 0 Å². The molecule has 1 aliphatic carbocycles. The maximum absolute atomic E-state index is 11.5. The average molecular weight is 287 g/mol. The van der Waals surface area contributed by atoms with Crippen molar-refractivity contribution < 1.29 is 9.90 Å². The minimum atomic E-state index is -0.599. The topological polar surface area (TPSA) is 85.2 Å². The maximum Gasteiger partial charge on any atom is 0.220 e. The van der Waals surface area contributed by atoms with E-state index in [4.69, 9.17) is 5.26 Å². The van der Waals surface area contributed by atoms with Crippen molar-refractivity contribution in [3.8, 4) is 6.07 Å². The molecule has 1 aromatic rings. The number of hydrogen-bond donors (Lipinski definition) is 3. The summed E-state index contributed by atoms with van der Waals surface area (Å²) in [4.78, 5) is 11.5.